The number of para-hydroxylation sites is 4. The average Bonchev–Trinajstić information content (AvgIpc) is 3.45. The lowest BCUT2D eigenvalue weighted by Gasteiger charge is -2.29. The lowest BCUT2D eigenvalue weighted by atomic mass is 10.0. The van der Waals surface area contributed by atoms with Crippen molar-refractivity contribution in [2.24, 2.45) is 5.73 Å². The zero-order chi connectivity index (χ0) is 33.0. The number of hydrogen-bond acceptors (Lipinski definition) is 6. The third kappa shape index (κ3) is 8.78. The molecule has 47 heavy (non-hydrogen) atoms. The van der Waals surface area contributed by atoms with Crippen LogP contribution in [0.5, 0.6) is 0 Å². The second-order valence-corrected chi connectivity index (χ2v) is 12.2. The lowest BCUT2D eigenvalue weighted by molar-refractivity contribution is 0.735. The van der Waals surface area contributed by atoms with Gasteiger partial charge in [-0.05, 0) is 71.5 Å². The van der Waals surface area contributed by atoms with Gasteiger partial charge in [0.25, 0.3) is 0 Å². The molecule has 0 amide bonds. The van der Waals surface area contributed by atoms with Gasteiger partial charge in [0.2, 0.25) is 0 Å². The van der Waals surface area contributed by atoms with E-state index in [1.807, 2.05) is 26.0 Å². The van der Waals surface area contributed by atoms with E-state index in [1.54, 1.807) is 0 Å². The van der Waals surface area contributed by atoms with Crippen LogP contribution in [0.25, 0.3) is 0 Å². The zero-order valence-corrected chi connectivity index (χ0v) is 28.4. The molecule has 5 N–H and O–H groups in total. The van der Waals surface area contributed by atoms with E-state index in [0.29, 0.717) is 0 Å². The van der Waals surface area contributed by atoms with Crippen molar-refractivity contribution in [2.75, 3.05) is 45.5 Å². The normalized spacial score (nSPS) is 15.1. The molecule has 1 aliphatic heterocycles. The van der Waals surface area contributed by atoms with Crippen LogP contribution in [0.2, 0.25) is 0 Å². The molecular weight excluding hydrogens is 576 g/mol. The quantitative estimate of drug-likeness (QED) is 0.129. The van der Waals surface area contributed by atoms with Crippen LogP contribution in [-0.4, -0.2) is 25.8 Å². The second kappa shape index (κ2) is 16.8. The summed E-state index contributed by atoms with van der Waals surface area (Å²) >= 11 is 0. The van der Waals surface area contributed by atoms with Crippen LogP contribution in [-0.2, 0) is 19.6 Å². The van der Waals surface area contributed by atoms with Crippen molar-refractivity contribution in [3.05, 3.63) is 138 Å². The Kier molecular flexibility index (Phi) is 12.0. The highest BCUT2D eigenvalue weighted by molar-refractivity contribution is 5.76. The van der Waals surface area contributed by atoms with Crippen LogP contribution in [0.15, 0.2) is 121 Å². The first-order valence-corrected chi connectivity index (χ1v) is 17.3. The van der Waals surface area contributed by atoms with Gasteiger partial charge in [0, 0.05) is 44.5 Å². The number of rotatable bonds is 13. The number of unbranched alkanes of at least 4 members (excludes halogenated alkanes) is 1. The molecule has 0 bridgehead atoms. The summed E-state index contributed by atoms with van der Waals surface area (Å²) in [6, 6.07) is 34.7. The van der Waals surface area contributed by atoms with Gasteiger partial charge in [0.15, 0.2) is 0 Å². The summed E-state index contributed by atoms with van der Waals surface area (Å²) in [5, 5.41) is 3.82. The fourth-order valence-electron chi connectivity index (χ4n) is 6.30. The van der Waals surface area contributed by atoms with Crippen LogP contribution in [0.1, 0.15) is 56.7 Å². The van der Waals surface area contributed by atoms with Crippen LogP contribution in [0.3, 0.4) is 0 Å². The first-order valence-electron chi connectivity index (χ1n) is 17.3. The van der Waals surface area contributed by atoms with Gasteiger partial charge in [-0.25, -0.2) is 0 Å². The van der Waals surface area contributed by atoms with Crippen molar-refractivity contribution in [1.82, 2.24) is 0 Å². The van der Waals surface area contributed by atoms with Crippen LogP contribution in [0.4, 0.5) is 28.4 Å². The molecule has 1 aliphatic carbocycles. The van der Waals surface area contributed by atoms with E-state index in [2.05, 4.69) is 130 Å². The van der Waals surface area contributed by atoms with Gasteiger partial charge in [-0.2, -0.15) is 0 Å². The summed E-state index contributed by atoms with van der Waals surface area (Å²) in [5.74, 6) is 0. The first kappa shape index (κ1) is 33.7. The monoisotopic (exact) mass is 628 g/mol. The van der Waals surface area contributed by atoms with Crippen molar-refractivity contribution >= 4 is 28.4 Å². The SMILES string of the molecule is CC.CCCCN(CC1=CCC(N)C=C1)c1ccccc1NCc1ccccc1CN1CN(Cc2ccc(N)cc2)c2ccccc21. The Morgan fingerprint density at radius 2 is 1.47 bits per heavy atom. The topological polar surface area (TPSA) is 73.8 Å². The average molecular weight is 629 g/mol. The maximum Gasteiger partial charge on any atom is 0.0911 e. The van der Waals surface area contributed by atoms with Gasteiger partial charge in [0.05, 0.1) is 29.4 Å². The standard InChI is InChI=1S/C39H46N6.C2H6/c1-2-3-24-43(26-30-16-20-34(40)21-17-30)37-13-7-6-12-36(37)42-25-32-10-4-5-11-33(32)28-45-29-44(38-14-8-9-15-39(38)45)27-31-18-22-35(41)23-19-31;1-2/h4-20,22-23,34,42H,2-3,21,24-29,40-41H2,1H3;1-2H3. The Balaban J connectivity index is 0.00000213. The van der Waals surface area contributed by atoms with Gasteiger partial charge in [-0.3, -0.25) is 0 Å². The molecule has 6 rings (SSSR count). The molecule has 1 atom stereocenters. The van der Waals surface area contributed by atoms with E-state index in [0.717, 1.165) is 64.3 Å². The fraction of sp³-hybridized carbons (Fsp3) is 0.317. The van der Waals surface area contributed by atoms with E-state index < -0.39 is 0 Å². The van der Waals surface area contributed by atoms with E-state index in [-0.39, 0.29) is 6.04 Å². The highest BCUT2D eigenvalue weighted by atomic mass is 15.4. The molecule has 2 aliphatic rings. The molecule has 0 aromatic heterocycles. The van der Waals surface area contributed by atoms with Crippen molar-refractivity contribution in [1.29, 1.82) is 0 Å². The number of benzene rings is 4. The Hall–Kier alpha value is -4.68. The minimum Gasteiger partial charge on any atom is -0.399 e. The van der Waals surface area contributed by atoms with E-state index >= 15 is 0 Å². The van der Waals surface area contributed by atoms with E-state index in [4.69, 9.17) is 11.5 Å². The summed E-state index contributed by atoms with van der Waals surface area (Å²) in [6.07, 6.45) is 9.85. The van der Waals surface area contributed by atoms with Crippen LogP contribution in [0, 0.1) is 0 Å². The highest BCUT2D eigenvalue weighted by Gasteiger charge is 2.26. The number of nitrogens with two attached hydrogens (primary N) is 2. The molecule has 4 aromatic carbocycles. The Labute approximate surface area is 282 Å². The molecule has 0 fully saturated rings. The molecule has 1 unspecified atom stereocenters. The highest BCUT2D eigenvalue weighted by Crippen LogP contribution is 2.38. The largest absolute Gasteiger partial charge is 0.399 e. The predicted molar refractivity (Wildman–Crippen MR) is 203 cm³/mol. The molecule has 6 heteroatoms. The minimum atomic E-state index is 0.132. The number of fused-ring (bicyclic) bond motifs is 1. The van der Waals surface area contributed by atoms with E-state index in [9.17, 15) is 0 Å². The summed E-state index contributed by atoms with van der Waals surface area (Å²) < 4.78 is 0. The fourth-order valence-corrected chi connectivity index (χ4v) is 6.30. The Morgan fingerprint density at radius 3 is 2.17 bits per heavy atom. The molecule has 4 aromatic rings. The smallest absolute Gasteiger partial charge is 0.0911 e. The van der Waals surface area contributed by atoms with Crippen molar-refractivity contribution in [3.63, 3.8) is 0 Å². The van der Waals surface area contributed by atoms with Gasteiger partial charge in [-0.1, -0.05) is 106 Å². The maximum atomic E-state index is 6.10. The third-order valence-electron chi connectivity index (χ3n) is 8.82. The van der Waals surface area contributed by atoms with Crippen molar-refractivity contribution < 1.29 is 0 Å². The Bertz CT molecular complexity index is 1630. The summed E-state index contributed by atoms with van der Waals surface area (Å²) in [7, 11) is 0. The summed E-state index contributed by atoms with van der Waals surface area (Å²) in [5.41, 5.74) is 23.1. The summed E-state index contributed by atoms with van der Waals surface area (Å²) in [6.45, 7) is 11.5. The van der Waals surface area contributed by atoms with E-state index in [1.165, 1.54) is 45.0 Å². The molecule has 0 radical (unpaired) electrons. The van der Waals surface area contributed by atoms with Crippen LogP contribution >= 0.6 is 0 Å². The third-order valence-corrected chi connectivity index (χ3v) is 8.82. The lowest BCUT2D eigenvalue weighted by Crippen LogP contribution is -2.30. The summed E-state index contributed by atoms with van der Waals surface area (Å²) in [4.78, 5) is 7.46. The van der Waals surface area contributed by atoms with Crippen LogP contribution < -0.4 is 31.5 Å². The number of nitrogens with zero attached hydrogens (tertiary/aromatic N) is 3. The van der Waals surface area contributed by atoms with Gasteiger partial charge in [-0.15, -0.1) is 0 Å². The molecule has 0 saturated carbocycles. The molecular formula is C41H52N6. The van der Waals surface area contributed by atoms with Gasteiger partial charge >= 0.3 is 0 Å². The second-order valence-electron chi connectivity index (χ2n) is 12.2. The van der Waals surface area contributed by atoms with Crippen molar-refractivity contribution in [3.8, 4) is 0 Å². The zero-order valence-electron chi connectivity index (χ0n) is 28.4. The first-order chi connectivity index (χ1) is 23.1. The molecule has 246 valence electrons. The predicted octanol–water partition coefficient (Wildman–Crippen LogP) is 8.71. The molecule has 6 nitrogen and oxygen atoms in total. The molecule has 0 spiro atoms. The molecule has 0 saturated heterocycles. The van der Waals surface area contributed by atoms with Gasteiger partial charge < -0.3 is 31.5 Å². The maximum absolute atomic E-state index is 6.10. The Morgan fingerprint density at radius 1 is 0.809 bits per heavy atom. The number of nitrogens with one attached hydrogen (secondary N) is 1. The van der Waals surface area contributed by atoms with Crippen molar-refractivity contribution in [2.45, 2.75) is 65.7 Å². The van der Waals surface area contributed by atoms with Gasteiger partial charge in [0.1, 0.15) is 0 Å². The minimum absolute atomic E-state index is 0.132. The number of hydrogen-bond donors (Lipinski definition) is 3. The number of nitrogen functional groups attached to an aromatic ring is 1. The number of anilines is 5. The molecule has 1 heterocycles.